The molecule has 0 saturated heterocycles. The molecule has 25 heavy (non-hydrogen) atoms. The summed E-state index contributed by atoms with van der Waals surface area (Å²) >= 11 is 0. The Kier molecular flexibility index (Phi) is 5.74. The SMILES string of the molecule is CC(C)CNC(=O)c1cccc(C(=O)Nc2ccc(F)c(F)c2F)n1. The average molecular weight is 351 g/mol. The predicted molar refractivity (Wildman–Crippen MR) is 85.7 cm³/mol. The highest BCUT2D eigenvalue weighted by molar-refractivity contribution is 6.03. The zero-order chi connectivity index (χ0) is 18.6. The van der Waals surface area contributed by atoms with Gasteiger partial charge in [0.2, 0.25) is 0 Å². The topological polar surface area (TPSA) is 71.1 Å². The normalized spacial score (nSPS) is 10.6. The second-order valence-corrected chi connectivity index (χ2v) is 5.69. The minimum Gasteiger partial charge on any atom is -0.350 e. The third-order valence-electron chi connectivity index (χ3n) is 3.17. The number of rotatable bonds is 5. The van der Waals surface area contributed by atoms with Gasteiger partial charge in [0.05, 0.1) is 5.69 Å². The van der Waals surface area contributed by atoms with Crippen LogP contribution in [0.4, 0.5) is 18.9 Å². The Labute approximate surface area is 142 Å². The molecule has 0 aliphatic rings. The number of aromatic nitrogens is 1. The van der Waals surface area contributed by atoms with Crippen LogP contribution in [-0.2, 0) is 0 Å². The highest BCUT2D eigenvalue weighted by Crippen LogP contribution is 2.20. The molecule has 0 unspecified atom stereocenters. The minimum absolute atomic E-state index is 0.0130. The molecule has 2 amide bonds. The number of amides is 2. The molecule has 132 valence electrons. The summed E-state index contributed by atoms with van der Waals surface area (Å²) in [5, 5.41) is 4.75. The summed E-state index contributed by atoms with van der Waals surface area (Å²) in [7, 11) is 0. The van der Waals surface area contributed by atoms with E-state index in [0.29, 0.717) is 12.6 Å². The predicted octanol–water partition coefficient (Wildman–Crippen LogP) is 3.14. The fraction of sp³-hybridized carbons (Fsp3) is 0.235. The lowest BCUT2D eigenvalue weighted by atomic mass is 10.2. The summed E-state index contributed by atoms with van der Waals surface area (Å²) < 4.78 is 39.7. The Hall–Kier alpha value is -2.90. The first-order valence-electron chi connectivity index (χ1n) is 7.49. The number of halogens is 3. The van der Waals surface area contributed by atoms with Crippen molar-refractivity contribution in [3.8, 4) is 0 Å². The molecule has 2 rings (SSSR count). The van der Waals surface area contributed by atoms with Crippen LogP contribution in [0.1, 0.15) is 34.8 Å². The van der Waals surface area contributed by atoms with E-state index < -0.39 is 35.0 Å². The first-order valence-corrected chi connectivity index (χ1v) is 7.49. The fourth-order valence-corrected chi connectivity index (χ4v) is 1.88. The van der Waals surface area contributed by atoms with Crippen LogP contribution in [-0.4, -0.2) is 23.3 Å². The summed E-state index contributed by atoms with van der Waals surface area (Å²) in [6.45, 7) is 4.29. The number of nitrogens with one attached hydrogen (secondary N) is 2. The summed E-state index contributed by atoms with van der Waals surface area (Å²) in [4.78, 5) is 28.0. The molecule has 0 radical (unpaired) electrons. The van der Waals surface area contributed by atoms with Crippen molar-refractivity contribution in [1.29, 1.82) is 0 Å². The van der Waals surface area contributed by atoms with Crippen molar-refractivity contribution in [2.75, 3.05) is 11.9 Å². The molecule has 0 aliphatic heterocycles. The van der Waals surface area contributed by atoms with Crippen molar-refractivity contribution in [2.45, 2.75) is 13.8 Å². The van der Waals surface area contributed by atoms with Gasteiger partial charge < -0.3 is 10.6 Å². The summed E-state index contributed by atoms with van der Waals surface area (Å²) in [6, 6.07) is 5.76. The molecule has 0 fully saturated rings. The van der Waals surface area contributed by atoms with E-state index in [4.69, 9.17) is 0 Å². The van der Waals surface area contributed by atoms with Crippen LogP contribution in [0.15, 0.2) is 30.3 Å². The van der Waals surface area contributed by atoms with Gasteiger partial charge in [-0.2, -0.15) is 0 Å². The van der Waals surface area contributed by atoms with E-state index in [0.717, 1.165) is 6.07 Å². The standard InChI is InChI=1S/C17H16F3N3O2/c1-9(2)8-21-16(24)12-4-3-5-13(22-12)17(25)23-11-7-6-10(18)14(19)15(11)20/h3-7,9H,8H2,1-2H3,(H,21,24)(H,23,25). The first kappa shape index (κ1) is 18.4. The maximum absolute atomic E-state index is 13.6. The van der Waals surface area contributed by atoms with Gasteiger partial charge in [0.1, 0.15) is 11.4 Å². The Morgan fingerprint density at radius 1 is 1.00 bits per heavy atom. The summed E-state index contributed by atoms with van der Waals surface area (Å²) in [5.41, 5.74) is -0.680. The second-order valence-electron chi connectivity index (χ2n) is 5.69. The first-order chi connectivity index (χ1) is 11.8. The number of carbonyl (C=O) groups excluding carboxylic acids is 2. The van der Waals surface area contributed by atoms with Crippen molar-refractivity contribution in [1.82, 2.24) is 10.3 Å². The van der Waals surface area contributed by atoms with E-state index in [1.807, 2.05) is 13.8 Å². The Balaban J connectivity index is 2.16. The molecular weight excluding hydrogens is 335 g/mol. The maximum Gasteiger partial charge on any atom is 0.274 e. The van der Waals surface area contributed by atoms with Crippen LogP contribution >= 0.6 is 0 Å². The lowest BCUT2D eigenvalue weighted by Crippen LogP contribution is -2.28. The van der Waals surface area contributed by atoms with Gasteiger partial charge in [0.15, 0.2) is 17.5 Å². The molecule has 1 aromatic carbocycles. The highest BCUT2D eigenvalue weighted by Gasteiger charge is 2.17. The molecule has 2 aromatic rings. The van der Waals surface area contributed by atoms with Crippen molar-refractivity contribution in [3.05, 3.63) is 59.2 Å². The lowest BCUT2D eigenvalue weighted by Gasteiger charge is -2.09. The Bertz CT molecular complexity index is 810. The van der Waals surface area contributed by atoms with Crippen LogP contribution in [0.2, 0.25) is 0 Å². The van der Waals surface area contributed by atoms with Gasteiger partial charge in [-0.3, -0.25) is 9.59 Å². The van der Waals surface area contributed by atoms with Crippen LogP contribution in [0.5, 0.6) is 0 Å². The lowest BCUT2D eigenvalue weighted by molar-refractivity contribution is 0.0944. The molecule has 8 heteroatoms. The highest BCUT2D eigenvalue weighted by atomic mass is 19.2. The van der Waals surface area contributed by atoms with Gasteiger partial charge in [-0.05, 0) is 30.2 Å². The number of anilines is 1. The number of nitrogens with zero attached hydrogens (tertiary/aromatic N) is 1. The summed E-state index contributed by atoms with van der Waals surface area (Å²) in [6.07, 6.45) is 0. The molecule has 5 nitrogen and oxygen atoms in total. The number of hydrogen-bond donors (Lipinski definition) is 2. The van der Waals surface area contributed by atoms with Gasteiger partial charge in [-0.25, -0.2) is 18.2 Å². The molecule has 1 heterocycles. The Morgan fingerprint density at radius 3 is 2.28 bits per heavy atom. The van der Waals surface area contributed by atoms with Crippen molar-refractivity contribution in [2.24, 2.45) is 5.92 Å². The third-order valence-corrected chi connectivity index (χ3v) is 3.17. The maximum atomic E-state index is 13.6. The third kappa shape index (κ3) is 4.56. The smallest absolute Gasteiger partial charge is 0.274 e. The van der Waals surface area contributed by atoms with Gasteiger partial charge in [0.25, 0.3) is 11.8 Å². The summed E-state index contributed by atoms with van der Waals surface area (Å²) in [5.74, 6) is -5.64. The fourth-order valence-electron chi connectivity index (χ4n) is 1.88. The van der Waals surface area contributed by atoms with E-state index >= 15 is 0 Å². The van der Waals surface area contributed by atoms with Gasteiger partial charge >= 0.3 is 0 Å². The molecule has 0 bridgehead atoms. The van der Waals surface area contributed by atoms with Gasteiger partial charge in [-0.15, -0.1) is 0 Å². The number of carbonyl (C=O) groups is 2. The van der Waals surface area contributed by atoms with E-state index in [2.05, 4.69) is 15.6 Å². The molecule has 0 aliphatic carbocycles. The van der Waals surface area contributed by atoms with Crippen molar-refractivity contribution >= 4 is 17.5 Å². The number of hydrogen-bond acceptors (Lipinski definition) is 3. The van der Waals surface area contributed by atoms with Crippen molar-refractivity contribution < 1.29 is 22.8 Å². The molecule has 1 aromatic heterocycles. The van der Waals surface area contributed by atoms with E-state index in [1.165, 1.54) is 18.2 Å². The number of pyridine rings is 1. The van der Waals surface area contributed by atoms with E-state index in [-0.39, 0.29) is 17.3 Å². The molecular formula is C17H16F3N3O2. The van der Waals surface area contributed by atoms with Crippen molar-refractivity contribution in [3.63, 3.8) is 0 Å². The zero-order valence-corrected chi connectivity index (χ0v) is 13.6. The molecule has 0 saturated carbocycles. The number of benzene rings is 1. The van der Waals surface area contributed by atoms with Crippen LogP contribution in [0.3, 0.4) is 0 Å². The van der Waals surface area contributed by atoms with E-state index in [9.17, 15) is 22.8 Å². The monoisotopic (exact) mass is 351 g/mol. The van der Waals surface area contributed by atoms with Crippen LogP contribution < -0.4 is 10.6 Å². The molecule has 0 atom stereocenters. The molecule has 0 spiro atoms. The zero-order valence-electron chi connectivity index (χ0n) is 13.6. The Morgan fingerprint density at radius 2 is 1.64 bits per heavy atom. The van der Waals surface area contributed by atoms with Gasteiger partial charge in [0, 0.05) is 6.54 Å². The average Bonchev–Trinajstić information content (AvgIpc) is 2.60. The van der Waals surface area contributed by atoms with Gasteiger partial charge in [-0.1, -0.05) is 19.9 Å². The second kappa shape index (κ2) is 7.78. The largest absolute Gasteiger partial charge is 0.350 e. The van der Waals surface area contributed by atoms with Crippen LogP contribution in [0.25, 0.3) is 0 Å². The minimum atomic E-state index is -1.69. The van der Waals surface area contributed by atoms with E-state index in [1.54, 1.807) is 0 Å². The molecule has 2 N–H and O–H groups in total. The quantitative estimate of drug-likeness (QED) is 0.813. The van der Waals surface area contributed by atoms with Crippen LogP contribution in [0, 0.1) is 23.4 Å².